The van der Waals surface area contributed by atoms with Crippen LogP contribution in [0, 0.1) is 50.6 Å². The Bertz CT molecular complexity index is 6350. The number of hydrogen-bond donors (Lipinski definition) is 0. The molecule has 1 atom stereocenters. The predicted octanol–water partition coefficient (Wildman–Crippen LogP) is 39.3. The molecular formula is C100H69Br2I6N5O10S10. The summed E-state index contributed by atoms with van der Waals surface area (Å²) in [7, 11) is 0. The third kappa shape index (κ3) is 29.9. The summed E-state index contributed by atoms with van der Waals surface area (Å²) >= 11 is 32.2. The summed E-state index contributed by atoms with van der Waals surface area (Å²) < 4.78 is 2.21. The molecule has 0 N–H and O–H groups in total. The molecule has 15 nitrogen and oxygen atoms in total. The lowest BCUT2D eigenvalue weighted by molar-refractivity contribution is -0.508. The van der Waals surface area contributed by atoms with E-state index < -0.39 is 25.7 Å². The molecule has 1 unspecified atom stereocenters. The third-order valence-corrected chi connectivity index (χ3v) is 31.0. The molecule has 0 aliphatic heterocycles. The van der Waals surface area contributed by atoms with Gasteiger partial charge in [-0.25, -0.2) is 0 Å². The second-order valence-electron chi connectivity index (χ2n) is 28.0. The summed E-state index contributed by atoms with van der Waals surface area (Å²) in [5.41, 5.74) is 21.1. The lowest BCUT2D eigenvalue weighted by atomic mass is 10.0. The van der Waals surface area contributed by atoms with Crippen molar-refractivity contribution < 1.29 is 24.6 Å². The largest absolute Gasteiger partial charge is 0.269 e. The van der Waals surface area contributed by atoms with Crippen LogP contribution < -0.4 is 0 Å². The van der Waals surface area contributed by atoms with Gasteiger partial charge in [0.2, 0.25) is 6.04 Å². The average Bonchev–Trinajstić information content (AvgIpc) is 1.68. The normalized spacial score (nSPS) is 11.3. The Hall–Kier alpha value is -8.20. The lowest BCUT2D eigenvalue weighted by Gasteiger charge is -2.08. The number of non-ortho nitro benzene ring substituents is 4. The number of halogens is 8. The number of benzene rings is 9. The van der Waals surface area contributed by atoms with E-state index in [4.69, 9.17) is 0 Å². The lowest BCUT2D eigenvalue weighted by Crippen LogP contribution is -2.17. The van der Waals surface area contributed by atoms with Crippen LogP contribution in [0.4, 0.5) is 22.7 Å². The van der Waals surface area contributed by atoms with Crippen LogP contribution in [-0.4, -0.2) is 30.7 Å². The van der Waals surface area contributed by atoms with E-state index in [-0.39, 0.29) is 75.6 Å². The number of nitrogens with zero attached hydrogens (tertiary/aromatic N) is 5. The first-order chi connectivity index (χ1) is 63.8. The summed E-state index contributed by atoms with van der Waals surface area (Å²) in [6, 6.07) is 99.8. The highest BCUT2D eigenvalue weighted by molar-refractivity contribution is 15.0. The van der Waals surface area contributed by atoms with Crippen molar-refractivity contribution in [1.82, 2.24) is 0 Å². The number of allylic oxidation sites excluding steroid dienone is 2. The molecule has 1 aliphatic carbocycles. The molecule has 10 heterocycles. The summed E-state index contributed by atoms with van der Waals surface area (Å²) in [4.78, 5) is 63.7. The van der Waals surface area contributed by atoms with E-state index >= 15 is 0 Å². The quantitative estimate of drug-likeness (QED) is 0.0424. The Morgan fingerprint density at radius 1 is 0.241 bits per heavy atom. The van der Waals surface area contributed by atoms with Crippen LogP contribution in [0.15, 0.2) is 390 Å². The molecule has 0 amide bonds. The van der Waals surface area contributed by atoms with Gasteiger partial charge in [-0.15, -0.1) is 161 Å². The molecule has 33 heteroatoms. The summed E-state index contributed by atoms with van der Waals surface area (Å²) in [5, 5.41) is 75.0. The van der Waals surface area contributed by atoms with Gasteiger partial charge < -0.3 is 0 Å². The third-order valence-electron chi connectivity index (χ3n) is 19.6. The number of hydrogen-bond acceptors (Lipinski definition) is 20. The van der Waals surface area contributed by atoms with Crippen LogP contribution >= 0.6 is 268 Å². The Balaban J connectivity index is 0.000000155. The molecular weight excluding hydrogens is 2670 g/mol. The zero-order valence-corrected chi connectivity index (χ0v) is 93.3. The van der Waals surface area contributed by atoms with Crippen molar-refractivity contribution in [2.45, 2.75) is 12.5 Å². The Morgan fingerprint density at radius 2 is 0.421 bits per heavy atom. The van der Waals surface area contributed by atoms with Crippen molar-refractivity contribution in [3.63, 3.8) is 0 Å². The maximum Gasteiger partial charge on any atom is 0.269 e. The van der Waals surface area contributed by atoms with Gasteiger partial charge in [0.05, 0.1) is 19.7 Å². The van der Waals surface area contributed by atoms with Crippen LogP contribution in [0.3, 0.4) is 0 Å². The maximum atomic E-state index is 10.8. The zero-order chi connectivity index (χ0) is 92.1. The highest BCUT2D eigenvalue weighted by Crippen LogP contribution is 2.44. The highest BCUT2D eigenvalue weighted by Gasteiger charge is 2.21. The molecule has 1 aliphatic rings. The van der Waals surface area contributed by atoms with Gasteiger partial charge in [0.15, 0.2) is 0 Å². The maximum absolute atomic E-state index is 10.8. The van der Waals surface area contributed by atoms with E-state index in [9.17, 15) is 50.6 Å². The molecule has 133 heavy (non-hydrogen) atoms. The number of nitro groups is 5. The fourth-order valence-corrected chi connectivity index (χ4v) is 23.3. The van der Waals surface area contributed by atoms with Crippen LogP contribution in [0.25, 0.3) is 144 Å². The van der Waals surface area contributed by atoms with Crippen molar-refractivity contribution in [2.24, 2.45) is 0 Å². The van der Waals surface area contributed by atoms with E-state index in [1.165, 1.54) is 123 Å². The van der Waals surface area contributed by atoms with Crippen molar-refractivity contribution in [3.05, 3.63) is 446 Å². The highest BCUT2D eigenvalue weighted by atomic mass is 128. The number of thiophene rings is 10. The fourth-order valence-electron chi connectivity index (χ4n) is 13.0. The molecule has 670 valence electrons. The zero-order valence-electron chi connectivity index (χ0n) is 68.7. The molecule has 10 aromatic heterocycles. The standard InChI is InChI=1S/2C20H12N2O4S2.2C20H14S2.C10H8BrNO2S.C10H7BrS.2I2.2HI/c2*23-21(24)17-5-1-13(2-6-17)19-9-15(11-27-19)16-10-20(28-12-16)14-3-7-18(8-4-14)22(25)26;2*1-3-7-15(8-4-1)19-11-17(13-21-19)18-12-20(22-14-18)16-9-5-2-6-10-16;11-8-5-10(15-6-8)7-1-3-9(4-2-7)12(13)14;11-9-6-10(12-7-9)8-4-2-1-3-5-8;2*1-2;;/h2*1-12H;2*1-14H;1-3,5-6,9H,4H2;1-7H;;;2*1H. The van der Waals surface area contributed by atoms with Gasteiger partial charge in [0, 0.05) is 203 Å². The van der Waals surface area contributed by atoms with Gasteiger partial charge in [0.1, 0.15) is 0 Å². The van der Waals surface area contributed by atoms with Crippen LogP contribution in [0.2, 0.25) is 0 Å². The van der Waals surface area contributed by atoms with Gasteiger partial charge in [-0.3, -0.25) is 50.6 Å². The first-order valence-corrected chi connectivity index (χ1v) is 62.1. The van der Waals surface area contributed by atoms with Gasteiger partial charge in [-0.1, -0.05) is 164 Å². The first kappa shape index (κ1) is 105. The van der Waals surface area contributed by atoms with Crippen molar-refractivity contribution in [2.75, 3.05) is 0 Å². The first-order valence-electron chi connectivity index (χ1n) is 39.1. The Kier molecular flexibility index (Phi) is 42.3. The van der Waals surface area contributed by atoms with Gasteiger partial charge in [-0.2, -0.15) is 0 Å². The molecule has 20 rings (SSSR count). The van der Waals surface area contributed by atoms with E-state index in [2.05, 4.69) is 355 Å². The van der Waals surface area contributed by atoms with Gasteiger partial charge >= 0.3 is 0 Å². The van der Waals surface area contributed by atoms with Crippen molar-refractivity contribution >= 4 is 296 Å². The minimum Gasteiger partial charge on any atom is -0.264 e. The second-order valence-corrected chi connectivity index (χ2v) is 39.0. The summed E-state index contributed by atoms with van der Waals surface area (Å²) in [5.74, 6) is 0. The van der Waals surface area contributed by atoms with Crippen LogP contribution in [0.5, 0.6) is 0 Å². The molecule has 0 saturated heterocycles. The second kappa shape index (κ2) is 53.5. The predicted molar refractivity (Wildman–Crippen MR) is 630 cm³/mol. The summed E-state index contributed by atoms with van der Waals surface area (Å²) in [6.07, 6.45) is 5.89. The van der Waals surface area contributed by atoms with Crippen LogP contribution in [-0.2, 0) is 0 Å². The SMILES string of the molecule is Brc1csc(-c2ccccc2)c1.I.I.II.II.O=[N+]([O-])C1C=CC(c2cc(Br)cs2)=CC1.O=[N+]([O-])c1ccc(-c2cc(-c3csc(-c4ccc([N+](=O)[O-])cc4)c3)cs2)cc1.O=[N+]([O-])c1ccc(-c2cc(-c3csc(-c4ccc([N+](=O)[O-])cc4)c3)cs2)cc1.c1ccc(-c2cc(-c3csc(-c4ccccc4)c3)cs2)cc1.c1ccc(-c2cc(-c3csc(-c4ccccc4)c3)cs2)cc1. The van der Waals surface area contributed by atoms with Gasteiger partial charge in [-0.05, 0) is 290 Å². The van der Waals surface area contributed by atoms with E-state index in [1.54, 1.807) is 123 Å². The monoisotopic (exact) mass is 2740 g/mol. The smallest absolute Gasteiger partial charge is 0.264 e. The molecule has 0 bridgehead atoms. The molecule has 0 fully saturated rings. The Morgan fingerprint density at radius 3 is 0.586 bits per heavy atom. The average molecular weight is 2740 g/mol. The summed E-state index contributed by atoms with van der Waals surface area (Å²) in [6.45, 7) is 0. The topological polar surface area (TPSA) is 216 Å². The fraction of sp³-hybridized carbons (Fsp3) is 0.0200. The molecule has 0 radical (unpaired) electrons. The van der Waals surface area contributed by atoms with E-state index in [0.29, 0.717) is 6.42 Å². The van der Waals surface area contributed by atoms with Crippen LogP contribution in [0.1, 0.15) is 11.3 Å². The Labute approximate surface area is 904 Å². The minimum absolute atomic E-state index is 0. The molecule has 0 spiro atoms. The minimum atomic E-state index is -0.558. The van der Waals surface area contributed by atoms with Crippen molar-refractivity contribution in [1.29, 1.82) is 0 Å². The van der Waals surface area contributed by atoms with Gasteiger partial charge in [0.25, 0.3) is 22.7 Å². The number of rotatable bonds is 19. The molecule has 9 aromatic carbocycles. The van der Waals surface area contributed by atoms with Crippen molar-refractivity contribution in [3.8, 4) is 138 Å². The number of nitro benzene ring substituents is 4. The molecule has 19 aromatic rings. The molecule has 0 saturated carbocycles. The van der Waals surface area contributed by atoms with E-state index in [1.807, 2.05) is 75.0 Å². The van der Waals surface area contributed by atoms with E-state index in [0.717, 1.165) is 83.4 Å².